The molecule has 1 atom stereocenters. The van der Waals surface area contributed by atoms with Crippen molar-refractivity contribution >= 4 is 17.5 Å². The lowest BCUT2D eigenvalue weighted by Crippen LogP contribution is -2.41. The zero-order valence-corrected chi connectivity index (χ0v) is 11.5. The summed E-state index contributed by atoms with van der Waals surface area (Å²) in [4.78, 5) is 12.1. The Bertz CT molecular complexity index is 445. The highest BCUT2D eigenvalue weighted by Gasteiger charge is 2.30. The molecule has 3 nitrogen and oxygen atoms in total. The molecule has 0 saturated heterocycles. The molecule has 18 heavy (non-hydrogen) atoms. The average Bonchev–Trinajstić information content (AvgIpc) is 2.39. The van der Waals surface area contributed by atoms with Crippen LogP contribution in [-0.2, 0) is 4.79 Å². The van der Waals surface area contributed by atoms with Crippen molar-refractivity contribution in [2.24, 2.45) is 5.41 Å². The van der Waals surface area contributed by atoms with E-state index in [1.807, 2.05) is 38.1 Å². The van der Waals surface area contributed by atoms with Crippen LogP contribution in [0.3, 0.4) is 0 Å². The number of alkyl halides is 1. The summed E-state index contributed by atoms with van der Waals surface area (Å²) in [5.41, 5.74) is 0.497. The van der Waals surface area contributed by atoms with Crippen LogP contribution < -0.4 is 10.1 Å². The number of amides is 1. The molecule has 0 bridgehead atoms. The van der Waals surface area contributed by atoms with Crippen molar-refractivity contribution in [3.05, 3.63) is 29.8 Å². The van der Waals surface area contributed by atoms with E-state index < -0.39 is 5.41 Å². The monoisotopic (exact) mass is 267 g/mol. The summed E-state index contributed by atoms with van der Waals surface area (Å²) in [5.74, 6) is 1.15. The molecule has 0 spiro atoms. The lowest BCUT2D eigenvalue weighted by atomic mass is 9.93. The van der Waals surface area contributed by atoms with E-state index in [1.165, 1.54) is 0 Å². The number of carbonyl (C=O) groups is 1. The van der Waals surface area contributed by atoms with E-state index in [0.29, 0.717) is 12.5 Å². The Morgan fingerprint density at radius 2 is 2.22 bits per heavy atom. The number of carbonyl (C=O) groups excluding carboxylic acids is 1. The Hall–Kier alpha value is -1.22. The van der Waals surface area contributed by atoms with Crippen molar-refractivity contribution in [2.45, 2.75) is 26.3 Å². The van der Waals surface area contributed by atoms with Crippen LogP contribution in [0.25, 0.3) is 0 Å². The number of halogens is 1. The SMILES string of the molecule is CC(C)(CCl)C(=O)NC1CCOc2ccccc21. The van der Waals surface area contributed by atoms with E-state index in [0.717, 1.165) is 17.7 Å². The van der Waals surface area contributed by atoms with Crippen LogP contribution in [0.5, 0.6) is 5.75 Å². The smallest absolute Gasteiger partial charge is 0.227 e. The van der Waals surface area contributed by atoms with Crippen molar-refractivity contribution in [1.29, 1.82) is 0 Å². The van der Waals surface area contributed by atoms with E-state index in [4.69, 9.17) is 16.3 Å². The molecule has 1 aromatic rings. The zero-order valence-electron chi connectivity index (χ0n) is 10.7. The normalized spacial score (nSPS) is 18.7. The number of hydrogen-bond acceptors (Lipinski definition) is 2. The fourth-order valence-electron chi connectivity index (χ4n) is 1.91. The lowest BCUT2D eigenvalue weighted by molar-refractivity contribution is -0.129. The van der Waals surface area contributed by atoms with Gasteiger partial charge in [0.1, 0.15) is 5.75 Å². The van der Waals surface area contributed by atoms with E-state index in [9.17, 15) is 4.79 Å². The number of fused-ring (bicyclic) bond motifs is 1. The predicted molar refractivity (Wildman–Crippen MR) is 71.9 cm³/mol. The zero-order chi connectivity index (χ0) is 13.2. The number of nitrogens with one attached hydrogen (secondary N) is 1. The van der Waals surface area contributed by atoms with Gasteiger partial charge in [-0.3, -0.25) is 4.79 Å². The van der Waals surface area contributed by atoms with Gasteiger partial charge in [0, 0.05) is 17.9 Å². The van der Waals surface area contributed by atoms with Gasteiger partial charge < -0.3 is 10.1 Å². The average molecular weight is 268 g/mol. The highest BCUT2D eigenvalue weighted by Crippen LogP contribution is 2.32. The number of para-hydroxylation sites is 1. The number of hydrogen-bond donors (Lipinski definition) is 1. The molecule has 0 aromatic heterocycles. The molecule has 0 saturated carbocycles. The second kappa shape index (κ2) is 5.19. The number of ether oxygens (including phenoxy) is 1. The van der Waals surface area contributed by atoms with Crippen molar-refractivity contribution in [2.75, 3.05) is 12.5 Å². The Labute approximate surface area is 112 Å². The van der Waals surface area contributed by atoms with Crippen LogP contribution in [-0.4, -0.2) is 18.4 Å². The van der Waals surface area contributed by atoms with E-state index in [2.05, 4.69) is 5.32 Å². The molecule has 4 heteroatoms. The molecule has 98 valence electrons. The molecule has 1 aliphatic heterocycles. The summed E-state index contributed by atoms with van der Waals surface area (Å²) in [6.45, 7) is 4.32. The van der Waals surface area contributed by atoms with Gasteiger partial charge in [0.05, 0.1) is 18.1 Å². The predicted octanol–water partition coefficient (Wildman–Crippen LogP) is 2.89. The lowest BCUT2D eigenvalue weighted by Gasteiger charge is -2.30. The van der Waals surface area contributed by atoms with Gasteiger partial charge >= 0.3 is 0 Å². The third kappa shape index (κ3) is 2.61. The van der Waals surface area contributed by atoms with Gasteiger partial charge in [-0.15, -0.1) is 11.6 Å². The summed E-state index contributed by atoms with van der Waals surface area (Å²) >= 11 is 5.82. The standard InChI is InChI=1S/C14H18ClNO2/c1-14(2,9-15)13(17)16-11-7-8-18-12-6-4-3-5-10(11)12/h3-6,11H,7-9H2,1-2H3,(H,16,17). The maximum absolute atomic E-state index is 12.1. The number of benzene rings is 1. The van der Waals surface area contributed by atoms with E-state index >= 15 is 0 Å². The molecule has 1 unspecified atom stereocenters. The van der Waals surface area contributed by atoms with Crippen LogP contribution in [0, 0.1) is 5.41 Å². The topological polar surface area (TPSA) is 38.3 Å². The summed E-state index contributed by atoms with van der Waals surface area (Å²) in [6, 6.07) is 7.84. The summed E-state index contributed by atoms with van der Waals surface area (Å²) in [5, 5.41) is 3.06. The highest BCUT2D eigenvalue weighted by molar-refractivity contribution is 6.19. The first kappa shape index (κ1) is 13.2. The third-order valence-electron chi connectivity index (χ3n) is 3.21. The number of rotatable bonds is 3. The fraction of sp³-hybridized carbons (Fsp3) is 0.500. The maximum Gasteiger partial charge on any atom is 0.227 e. The highest BCUT2D eigenvalue weighted by atomic mass is 35.5. The fourth-order valence-corrected chi connectivity index (χ4v) is 2.03. The minimum Gasteiger partial charge on any atom is -0.493 e. The van der Waals surface area contributed by atoms with Crippen LogP contribution in [0.1, 0.15) is 31.9 Å². The molecule has 1 aliphatic rings. The minimum atomic E-state index is -0.547. The van der Waals surface area contributed by atoms with Gasteiger partial charge in [-0.1, -0.05) is 18.2 Å². The Morgan fingerprint density at radius 1 is 1.50 bits per heavy atom. The van der Waals surface area contributed by atoms with Crippen molar-refractivity contribution in [3.63, 3.8) is 0 Å². The first-order chi connectivity index (χ1) is 8.54. The first-order valence-electron chi connectivity index (χ1n) is 6.13. The molecule has 1 aromatic carbocycles. The quantitative estimate of drug-likeness (QED) is 0.856. The minimum absolute atomic E-state index is 0.0146. The summed E-state index contributed by atoms with van der Waals surface area (Å²) in [7, 11) is 0. The summed E-state index contributed by atoms with van der Waals surface area (Å²) in [6.07, 6.45) is 0.793. The van der Waals surface area contributed by atoms with E-state index in [-0.39, 0.29) is 11.9 Å². The molecule has 1 heterocycles. The first-order valence-corrected chi connectivity index (χ1v) is 6.67. The van der Waals surface area contributed by atoms with E-state index in [1.54, 1.807) is 0 Å². The van der Waals surface area contributed by atoms with Gasteiger partial charge in [-0.05, 0) is 19.9 Å². The molecule has 0 fully saturated rings. The van der Waals surface area contributed by atoms with Gasteiger partial charge in [0.15, 0.2) is 0 Å². The Kier molecular flexibility index (Phi) is 3.81. The molecular weight excluding hydrogens is 250 g/mol. The summed E-state index contributed by atoms with van der Waals surface area (Å²) < 4.78 is 5.57. The van der Waals surface area contributed by atoms with Crippen molar-refractivity contribution in [1.82, 2.24) is 5.32 Å². The second-order valence-electron chi connectivity index (χ2n) is 5.22. The Morgan fingerprint density at radius 3 is 2.94 bits per heavy atom. The molecule has 1 amide bonds. The van der Waals surface area contributed by atoms with Gasteiger partial charge in [-0.25, -0.2) is 0 Å². The van der Waals surface area contributed by atoms with Crippen LogP contribution in [0.4, 0.5) is 0 Å². The van der Waals surface area contributed by atoms with Crippen LogP contribution in [0.15, 0.2) is 24.3 Å². The molecule has 0 radical (unpaired) electrons. The third-order valence-corrected chi connectivity index (χ3v) is 3.88. The Balaban J connectivity index is 2.15. The van der Waals surface area contributed by atoms with Gasteiger partial charge in [0.25, 0.3) is 0 Å². The molecule has 2 rings (SSSR count). The molecular formula is C14H18ClNO2. The van der Waals surface area contributed by atoms with Crippen molar-refractivity contribution in [3.8, 4) is 5.75 Å². The molecule has 0 aliphatic carbocycles. The van der Waals surface area contributed by atoms with Crippen molar-refractivity contribution < 1.29 is 9.53 Å². The van der Waals surface area contributed by atoms with Crippen LogP contribution >= 0.6 is 11.6 Å². The maximum atomic E-state index is 12.1. The van der Waals surface area contributed by atoms with Gasteiger partial charge in [-0.2, -0.15) is 0 Å². The molecule has 1 N–H and O–H groups in total. The largest absolute Gasteiger partial charge is 0.493 e. The second-order valence-corrected chi connectivity index (χ2v) is 5.49. The van der Waals surface area contributed by atoms with Gasteiger partial charge in [0.2, 0.25) is 5.91 Å². The van der Waals surface area contributed by atoms with Crippen LogP contribution in [0.2, 0.25) is 0 Å².